The Balaban J connectivity index is 2.62. The number of ether oxygens (including phenoxy) is 1. The highest BCUT2D eigenvalue weighted by Crippen LogP contribution is 2.12. The van der Waals surface area contributed by atoms with Gasteiger partial charge in [-0.1, -0.05) is 15.9 Å². The van der Waals surface area contributed by atoms with Crippen LogP contribution in [0.1, 0.15) is 17.3 Å². The van der Waals surface area contributed by atoms with Crippen molar-refractivity contribution < 1.29 is 19.1 Å². The number of esters is 1. The third-order valence-electron chi connectivity index (χ3n) is 1.98. The van der Waals surface area contributed by atoms with Crippen LogP contribution in [0.4, 0.5) is 4.79 Å². The van der Waals surface area contributed by atoms with Crippen LogP contribution in [0.15, 0.2) is 28.7 Å². The molecule has 7 heteroatoms. The van der Waals surface area contributed by atoms with Crippen molar-refractivity contribution in [1.82, 2.24) is 5.32 Å². The highest BCUT2D eigenvalue weighted by atomic mass is 79.9. The van der Waals surface area contributed by atoms with Crippen LogP contribution in [0.25, 0.3) is 0 Å². The van der Waals surface area contributed by atoms with Crippen LogP contribution in [0.3, 0.4) is 0 Å². The van der Waals surface area contributed by atoms with Gasteiger partial charge in [0.25, 0.3) is 5.91 Å². The summed E-state index contributed by atoms with van der Waals surface area (Å²) < 4.78 is 5.68. The molecule has 1 rings (SSSR count). The maximum atomic E-state index is 11.6. The van der Waals surface area contributed by atoms with Crippen molar-refractivity contribution in [2.24, 2.45) is 5.73 Å². The molecule has 0 aliphatic heterocycles. The summed E-state index contributed by atoms with van der Waals surface area (Å²) in [5.74, 6) is -1.43. The highest BCUT2D eigenvalue weighted by molar-refractivity contribution is 9.10. The molecule has 96 valence electrons. The predicted octanol–water partition coefficient (Wildman–Crippen LogP) is 1.19. The summed E-state index contributed by atoms with van der Waals surface area (Å²) in [5.41, 5.74) is 5.08. The lowest BCUT2D eigenvalue weighted by atomic mass is 10.2. The van der Waals surface area contributed by atoms with Crippen LogP contribution in [0.5, 0.6) is 0 Å². The summed E-state index contributed by atoms with van der Waals surface area (Å²) >= 11 is 3.23. The SMILES string of the molecule is C[C@H](OC(=O)c1ccc(Br)cc1)C(=O)NC(N)=O. The maximum absolute atomic E-state index is 11.6. The molecule has 0 heterocycles. The Morgan fingerprint density at radius 2 is 1.83 bits per heavy atom. The van der Waals surface area contributed by atoms with Crippen molar-refractivity contribution in [2.75, 3.05) is 0 Å². The first-order valence-electron chi connectivity index (χ1n) is 4.97. The molecular formula is C11H11BrN2O4. The molecule has 0 fully saturated rings. The molecule has 0 saturated heterocycles. The van der Waals surface area contributed by atoms with Crippen LogP contribution in [0, 0.1) is 0 Å². The number of urea groups is 1. The van der Waals surface area contributed by atoms with Gasteiger partial charge in [-0.3, -0.25) is 10.1 Å². The molecule has 6 nitrogen and oxygen atoms in total. The monoisotopic (exact) mass is 314 g/mol. The second kappa shape index (κ2) is 6.15. The minimum absolute atomic E-state index is 0.303. The number of hydrogen-bond acceptors (Lipinski definition) is 4. The minimum Gasteiger partial charge on any atom is -0.449 e. The van der Waals surface area contributed by atoms with Gasteiger partial charge in [-0.05, 0) is 31.2 Å². The predicted molar refractivity (Wildman–Crippen MR) is 66.7 cm³/mol. The average molecular weight is 315 g/mol. The van der Waals surface area contributed by atoms with E-state index in [2.05, 4.69) is 15.9 Å². The maximum Gasteiger partial charge on any atom is 0.338 e. The highest BCUT2D eigenvalue weighted by Gasteiger charge is 2.19. The normalized spacial score (nSPS) is 11.4. The molecular weight excluding hydrogens is 304 g/mol. The van der Waals surface area contributed by atoms with E-state index in [-0.39, 0.29) is 0 Å². The molecule has 1 aromatic rings. The van der Waals surface area contributed by atoms with Crippen molar-refractivity contribution >= 4 is 33.8 Å². The molecule has 0 aromatic heterocycles. The number of carbonyl (C=O) groups is 3. The Kier molecular flexibility index (Phi) is 4.85. The number of hydrogen-bond donors (Lipinski definition) is 2. The largest absolute Gasteiger partial charge is 0.449 e. The fourth-order valence-corrected chi connectivity index (χ4v) is 1.36. The fourth-order valence-electron chi connectivity index (χ4n) is 1.09. The van der Waals surface area contributed by atoms with E-state index in [4.69, 9.17) is 10.5 Å². The van der Waals surface area contributed by atoms with E-state index in [1.807, 2.05) is 5.32 Å². The van der Waals surface area contributed by atoms with E-state index in [1.54, 1.807) is 24.3 Å². The molecule has 0 aliphatic rings. The van der Waals surface area contributed by atoms with Crippen molar-refractivity contribution in [2.45, 2.75) is 13.0 Å². The third-order valence-corrected chi connectivity index (χ3v) is 2.51. The molecule has 0 spiro atoms. The number of benzene rings is 1. The van der Waals surface area contributed by atoms with Crippen molar-refractivity contribution in [3.63, 3.8) is 0 Å². The zero-order valence-electron chi connectivity index (χ0n) is 9.48. The van der Waals surface area contributed by atoms with Gasteiger partial charge in [0.05, 0.1) is 5.56 Å². The molecule has 1 atom stereocenters. The molecule has 18 heavy (non-hydrogen) atoms. The summed E-state index contributed by atoms with van der Waals surface area (Å²) in [4.78, 5) is 33.4. The summed E-state index contributed by atoms with van der Waals surface area (Å²) in [6.45, 7) is 1.34. The van der Waals surface area contributed by atoms with Crippen molar-refractivity contribution in [3.05, 3.63) is 34.3 Å². The van der Waals surface area contributed by atoms with E-state index in [0.717, 1.165) is 4.47 Å². The molecule has 0 radical (unpaired) electrons. The molecule has 0 bridgehead atoms. The van der Waals surface area contributed by atoms with Crippen molar-refractivity contribution in [1.29, 1.82) is 0 Å². The Morgan fingerprint density at radius 3 is 2.33 bits per heavy atom. The summed E-state index contributed by atoms with van der Waals surface area (Å²) in [5, 5.41) is 1.82. The lowest BCUT2D eigenvalue weighted by Crippen LogP contribution is -2.42. The van der Waals surface area contributed by atoms with Crippen LogP contribution in [-0.4, -0.2) is 24.0 Å². The topological polar surface area (TPSA) is 98.5 Å². The van der Waals surface area contributed by atoms with Gasteiger partial charge < -0.3 is 10.5 Å². The van der Waals surface area contributed by atoms with Crippen LogP contribution in [0.2, 0.25) is 0 Å². The van der Waals surface area contributed by atoms with E-state index in [9.17, 15) is 14.4 Å². The molecule has 3 N–H and O–H groups in total. The molecule has 0 saturated carbocycles. The first-order chi connectivity index (χ1) is 8.40. The van der Waals surface area contributed by atoms with Gasteiger partial charge in [0.1, 0.15) is 0 Å². The smallest absolute Gasteiger partial charge is 0.338 e. The molecule has 0 aliphatic carbocycles. The second-order valence-corrected chi connectivity index (χ2v) is 4.32. The summed E-state index contributed by atoms with van der Waals surface area (Å²) in [6.07, 6.45) is -1.10. The van der Waals surface area contributed by atoms with Gasteiger partial charge in [-0.15, -0.1) is 0 Å². The van der Waals surface area contributed by atoms with Crippen molar-refractivity contribution in [3.8, 4) is 0 Å². The number of rotatable bonds is 3. The van der Waals surface area contributed by atoms with E-state index < -0.39 is 24.0 Å². The van der Waals surface area contributed by atoms with Gasteiger partial charge >= 0.3 is 12.0 Å². The van der Waals surface area contributed by atoms with Gasteiger partial charge in [-0.2, -0.15) is 0 Å². The molecule has 1 aromatic carbocycles. The number of halogens is 1. The Hall–Kier alpha value is -1.89. The quantitative estimate of drug-likeness (QED) is 0.819. The zero-order valence-corrected chi connectivity index (χ0v) is 11.1. The first kappa shape index (κ1) is 14.2. The molecule has 0 unspecified atom stereocenters. The Labute approximate surface area is 112 Å². The third kappa shape index (κ3) is 4.17. The zero-order chi connectivity index (χ0) is 13.7. The molecule has 3 amide bonds. The van der Waals surface area contributed by atoms with Crippen LogP contribution < -0.4 is 11.1 Å². The second-order valence-electron chi connectivity index (χ2n) is 3.41. The van der Waals surface area contributed by atoms with Crippen LogP contribution >= 0.6 is 15.9 Å². The summed E-state index contributed by atoms with van der Waals surface area (Å²) in [7, 11) is 0. The standard InChI is InChI=1S/C11H11BrN2O4/c1-6(9(15)14-11(13)17)18-10(16)7-2-4-8(12)5-3-7/h2-6H,1H3,(H3,13,14,15,17)/t6-/m0/s1. The first-order valence-corrected chi connectivity index (χ1v) is 5.76. The number of nitrogens with two attached hydrogens (primary N) is 1. The van der Waals surface area contributed by atoms with Crippen LogP contribution in [-0.2, 0) is 9.53 Å². The van der Waals surface area contributed by atoms with Gasteiger partial charge in [0, 0.05) is 4.47 Å². The lowest BCUT2D eigenvalue weighted by molar-refractivity contribution is -0.127. The van der Waals surface area contributed by atoms with E-state index >= 15 is 0 Å². The minimum atomic E-state index is -1.10. The average Bonchev–Trinajstić information content (AvgIpc) is 2.28. The van der Waals surface area contributed by atoms with Gasteiger partial charge in [-0.25, -0.2) is 9.59 Å². The number of amides is 3. The Bertz CT molecular complexity index is 472. The number of nitrogens with one attached hydrogen (secondary N) is 1. The fraction of sp³-hybridized carbons (Fsp3) is 0.182. The van der Waals surface area contributed by atoms with E-state index in [1.165, 1.54) is 6.92 Å². The Morgan fingerprint density at radius 1 is 1.28 bits per heavy atom. The lowest BCUT2D eigenvalue weighted by Gasteiger charge is -2.11. The van der Waals surface area contributed by atoms with Gasteiger partial charge in [0.2, 0.25) is 0 Å². The number of imide groups is 1. The summed E-state index contributed by atoms with van der Waals surface area (Å²) in [6, 6.07) is 5.44. The van der Waals surface area contributed by atoms with Gasteiger partial charge in [0.15, 0.2) is 6.10 Å². The number of carbonyl (C=O) groups excluding carboxylic acids is 3. The number of primary amides is 1. The van der Waals surface area contributed by atoms with E-state index in [0.29, 0.717) is 5.56 Å².